The van der Waals surface area contributed by atoms with Crippen molar-refractivity contribution in [1.29, 1.82) is 5.26 Å². The Labute approximate surface area is 148 Å². The first kappa shape index (κ1) is 18.8. The fourth-order valence-corrected chi connectivity index (χ4v) is 2.95. The Morgan fingerprint density at radius 1 is 1.16 bits per heavy atom. The van der Waals surface area contributed by atoms with Gasteiger partial charge in [-0.15, -0.1) is 0 Å². The van der Waals surface area contributed by atoms with Crippen LogP contribution in [0.4, 0.5) is 4.79 Å². The van der Waals surface area contributed by atoms with E-state index in [1.54, 1.807) is 17.0 Å². The number of nitriles is 1. The minimum absolute atomic E-state index is 0.358. The van der Waals surface area contributed by atoms with Gasteiger partial charge in [-0.2, -0.15) is 5.26 Å². The van der Waals surface area contributed by atoms with E-state index in [0.717, 1.165) is 5.56 Å². The molecule has 6 nitrogen and oxygen atoms in total. The van der Waals surface area contributed by atoms with Gasteiger partial charge in [0.1, 0.15) is 11.2 Å². The number of piperidine rings is 1. The highest BCUT2D eigenvalue weighted by Crippen LogP contribution is 2.37. The molecule has 0 atom stereocenters. The van der Waals surface area contributed by atoms with Gasteiger partial charge in [-0.1, -0.05) is 12.1 Å². The first-order valence-corrected chi connectivity index (χ1v) is 8.33. The van der Waals surface area contributed by atoms with Crippen molar-refractivity contribution in [3.8, 4) is 6.07 Å². The molecule has 0 bridgehead atoms. The monoisotopic (exact) mass is 344 g/mol. The number of hydrogen-bond acceptors (Lipinski definition) is 5. The summed E-state index contributed by atoms with van der Waals surface area (Å²) in [4.78, 5) is 25.5. The molecule has 134 valence electrons. The lowest BCUT2D eigenvalue weighted by Gasteiger charge is -2.41. The molecule has 1 amide bonds. The number of carbonyl (C=O) groups excluding carboxylic acids is 2. The van der Waals surface area contributed by atoms with E-state index in [0.29, 0.717) is 31.5 Å². The van der Waals surface area contributed by atoms with Crippen molar-refractivity contribution in [1.82, 2.24) is 4.90 Å². The number of ether oxygens (including phenoxy) is 2. The second-order valence-electron chi connectivity index (χ2n) is 7.24. The highest BCUT2D eigenvalue weighted by atomic mass is 16.6. The molecular formula is C19H24N2O4. The van der Waals surface area contributed by atoms with E-state index in [2.05, 4.69) is 6.07 Å². The summed E-state index contributed by atoms with van der Waals surface area (Å²) < 4.78 is 11.1. The van der Waals surface area contributed by atoms with Gasteiger partial charge in [-0.3, -0.25) is 4.79 Å². The summed E-state index contributed by atoms with van der Waals surface area (Å²) in [5, 5.41) is 8.94. The molecule has 0 aromatic heterocycles. The lowest BCUT2D eigenvalue weighted by atomic mass is 9.83. The first-order chi connectivity index (χ1) is 11.6. The topological polar surface area (TPSA) is 79.6 Å². The maximum absolute atomic E-state index is 12.2. The second kappa shape index (κ2) is 7.14. The molecule has 1 fully saturated rings. The maximum atomic E-state index is 12.2. The molecule has 0 aliphatic carbocycles. The Morgan fingerprint density at radius 3 is 2.16 bits per heavy atom. The van der Waals surface area contributed by atoms with Crippen molar-refractivity contribution < 1.29 is 19.1 Å². The average molecular weight is 344 g/mol. The van der Waals surface area contributed by atoms with Gasteiger partial charge >= 0.3 is 12.1 Å². The van der Waals surface area contributed by atoms with Crippen molar-refractivity contribution in [3.05, 3.63) is 35.4 Å². The third kappa shape index (κ3) is 4.72. The number of hydrogen-bond donors (Lipinski definition) is 0. The Morgan fingerprint density at radius 2 is 1.72 bits per heavy atom. The third-order valence-electron chi connectivity index (χ3n) is 4.10. The molecular weight excluding hydrogens is 320 g/mol. The van der Waals surface area contributed by atoms with Crippen molar-refractivity contribution >= 4 is 12.1 Å². The van der Waals surface area contributed by atoms with Crippen LogP contribution >= 0.6 is 0 Å². The highest BCUT2D eigenvalue weighted by molar-refractivity contribution is 5.69. The Balaban J connectivity index is 2.17. The molecule has 0 unspecified atom stereocenters. The van der Waals surface area contributed by atoms with Gasteiger partial charge in [-0.05, 0) is 38.5 Å². The Hall–Kier alpha value is -2.55. The fourth-order valence-electron chi connectivity index (χ4n) is 2.95. The zero-order valence-electron chi connectivity index (χ0n) is 15.2. The number of rotatable bonds is 2. The smallest absolute Gasteiger partial charge is 0.410 e. The fraction of sp³-hybridized carbons (Fsp3) is 0.526. The normalized spacial score (nSPS) is 16.7. The molecule has 0 radical (unpaired) electrons. The van der Waals surface area contributed by atoms with Crippen molar-refractivity contribution in [2.24, 2.45) is 0 Å². The van der Waals surface area contributed by atoms with Crippen LogP contribution in [0.5, 0.6) is 0 Å². The maximum Gasteiger partial charge on any atom is 0.410 e. The van der Waals surface area contributed by atoms with E-state index < -0.39 is 11.2 Å². The van der Waals surface area contributed by atoms with Gasteiger partial charge in [0, 0.05) is 32.9 Å². The van der Waals surface area contributed by atoms with Crippen LogP contribution in [0, 0.1) is 11.3 Å². The van der Waals surface area contributed by atoms with Gasteiger partial charge in [0.05, 0.1) is 11.6 Å². The van der Waals surface area contributed by atoms with Crippen LogP contribution in [0.1, 0.15) is 51.7 Å². The van der Waals surface area contributed by atoms with E-state index in [4.69, 9.17) is 14.7 Å². The molecule has 2 rings (SSSR count). The van der Waals surface area contributed by atoms with Gasteiger partial charge in [-0.25, -0.2) is 4.79 Å². The van der Waals surface area contributed by atoms with Gasteiger partial charge < -0.3 is 14.4 Å². The second-order valence-corrected chi connectivity index (χ2v) is 7.24. The molecule has 1 aliphatic heterocycles. The van der Waals surface area contributed by atoms with Crippen LogP contribution in [0.2, 0.25) is 0 Å². The van der Waals surface area contributed by atoms with E-state index >= 15 is 0 Å². The molecule has 1 aromatic carbocycles. The molecule has 1 saturated heterocycles. The van der Waals surface area contributed by atoms with Crippen LogP contribution in [0.25, 0.3) is 0 Å². The molecule has 6 heteroatoms. The molecule has 25 heavy (non-hydrogen) atoms. The standard InChI is InChI=1S/C19H24N2O4/c1-14(22)24-19(16-7-5-15(13-20)6-8-16)9-11-21(12-10-19)17(23)25-18(2,3)4/h5-8H,9-12H2,1-4H3. The van der Waals surface area contributed by atoms with Gasteiger partial charge in [0.2, 0.25) is 0 Å². The largest absolute Gasteiger partial charge is 0.454 e. The van der Waals surface area contributed by atoms with Crippen molar-refractivity contribution in [3.63, 3.8) is 0 Å². The summed E-state index contributed by atoms with van der Waals surface area (Å²) in [5.41, 5.74) is 0.0610. The average Bonchev–Trinajstić information content (AvgIpc) is 2.53. The summed E-state index contributed by atoms with van der Waals surface area (Å²) >= 11 is 0. The lowest BCUT2D eigenvalue weighted by molar-refractivity contribution is -0.163. The first-order valence-electron chi connectivity index (χ1n) is 8.33. The van der Waals surface area contributed by atoms with Crippen LogP contribution < -0.4 is 0 Å². The third-order valence-corrected chi connectivity index (χ3v) is 4.10. The molecule has 0 saturated carbocycles. The predicted molar refractivity (Wildman–Crippen MR) is 91.6 cm³/mol. The SMILES string of the molecule is CC(=O)OC1(c2ccc(C#N)cc2)CCN(C(=O)OC(C)(C)C)CC1. The summed E-state index contributed by atoms with van der Waals surface area (Å²) in [6.45, 7) is 7.73. The van der Waals surface area contributed by atoms with Crippen molar-refractivity contribution in [2.45, 2.75) is 51.7 Å². The van der Waals surface area contributed by atoms with Gasteiger partial charge in [0.15, 0.2) is 0 Å². The summed E-state index contributed by atoms with van der Waals surface area (Å²) in [6.07, 6.45) is 0.610. The number of likely N-dealkylation sites (tertiary alicyclic amines) is 1. The van der Waals surface area contributed by atoms with E-state index in [-0.39, 0.29) is 12.1 Å². The van der Waals surface area contributed by atoms with Crippen LogP contribution in [-0.4, -0.2) is 35.7 Å². The number of benzene rings is 1. The summed E-state index contributed by atoms with van der Waals surface area (Å²) in [7, 11) is 0. The van der Waals surface area contributed by atoms with E-state index in [9.17, 15) is 9.59 Å². The molecule has 1 aromatic rings. The summed E-state index contributed by atoms with van der Waals surface area (Å²) in [6, 6.07) is 9.12. The number of nitrogens with zero attached hydrogens (tertiary/aromatic N) is 2. The molecule has 1 aliphatic rings. The zero-order chi connectivity index (χ0) is 18.7. The van der Waals surface area contributed by atoms with Gasteiger partial charge in [0.25, 0.3) is 0 Å². The van der Waals surface area contributed by atoms with Crippen LogP contribution in [-0.2, 0) is 19.9 Å². The molecule has 1 heterocycles. The minimum Gasteiger partial charge on any atom is -0.454 e. The number of esters is 1. The summed E-state index contributed by atoms with van der Waals surface area (Å²) in [5.74, 6) is -0.366. The zero-order valence-corrected chi connectivity index (χ0v) is 15.2. The molecule has 0 spiro atoms. The number of carbonyl (C=O) groups is 2. The Kier molecular flexibility index (Phi) is 5.36. The Bertz CT molecular complexity index is 675. The van der Waals surface area contributed by atoms with Crippen LogP contribution in [0.15, 0.2) is 24.3 Å². The molecule has 0 N–H and O–H groups in total. The lowest BCUT2D eigenvalue weighted by Crippen LogP contribution is -2.48. The van der Waals surface area contributed by atoms with Crippen LogP contribution in [0.3, 0.4) is 0 Å². The van der Waals surface area contributed by atoms with Crippen molar-refractivity contribution in [2.75, 3.05) is 13.1 Å². The predicted octanol–water partition coefficient (Wildman–Crippen LogP) is 3.35. The number of amides is 1. The van der Waals surface area contributed by atoms with E-state index in [1.807, 2.05) is 32.9 Å². The highest BCUT2D eigenvalue weighted by Gasteiger charge is 2.41. The quantitative estimate of drug-likeness (QED) is 0.769. The minimum atomic E-state index is -0.779. The van der Waals surface area contributed by atoms with E-state index in [1.165, 1.54) is 6.92 Å².